The van der Waals surface area contributed by atoms with Crippen molar-refractivity contribution >= 4 is 20.1 Å². The summed E-state index contributed by atoms with van der Waals surface area (Å²) in [5, 5.41) is 3.28. The summed E-state index contributed by atoms with van der Waals surface area (Å²) in [5.41, 5.74) is 3.65. The van der Waals surface area contributed by atoms with Gasteiger partial charge in [0.25, 0.3) is 0 Å². The van der Waals surface area contributed by atoms with Crippen molar-refractivity contribution < 1.29 is 9.53 Å². The Hall–Kier alpha value is -2.07. The fraction of sp³-hybridized carbons (Fsp3) is 0.611. The molecule has 1 fully saturated rings. The number of hydrogen-bond acceptors (Lipinski definition) is 5. The van der Waals surface area contributed by atoms with Crippen molar-refractivity contribution in [2.45, 2.75) is 58.5 Å². The Morgan fingerprint density at radius 2 is 1.96 bits per heavy atom. The predicted octanol–water partition coefficient (Wildman–Crippen LogP) is 3.13. The van der Waals surface area contributed by atoms with Gasteiger partial charge in [-0.2, -0.15) is 0 Å². The molecule has 1 saturated heterocycles. The first-order chi connectivity index (χ1) is 11.5. The molecule has 0 aliphatic carbocycles. The van der Waals surface area contributed by atoms with E-state index in [1.54, 1.807) is 17.3 Å². The molecule has 0 aromatic carbocycles. The normalized spacial score (nSPS) is 17.7. The maximum absolute atomic E-state index is 12.1. The molecule has 0 radical (unpaired) electrons. The molecule has 2 heterocycles. The quantitative estimate of drug-likeness (QED) is 0.648. The summed E-state index contributed by atoms with van der Waals surface area (Å²) in [6.45, 7) is 13.5. The van der Waals surface area contributed by atoms with E-state index in [9.17, 15) is 4.79 Å². The number of carbonyl (C=O) groups is 1. The lowest BCUT2D eigenvalue weighted by Crippen LogP contribution is -2.36. The van der Waals surface area contributed by atoms with Gasteiger partial charge in [-0.05, 0) is 27.2 Å². The lowest BCUT2D eigenvalue weighted by Gasteiger charge is -2.24. The Kier molecular flexibility index (Phi) is 5.73. The van der Waals surface area contributed by atoms with Crippen molar-refractivity contribution in [1.29, 1.82) is 0 Å². The average molecular weight is 361 g/mol. The van der Waals surface area contributed by atoms with Crippen molar-refractivity contribution in [3.63, 3.8) is 0 Å². The third kappa shape index (κ3) is 6.75. The Morgan fingerprint density at radius 1 is 1.32 bits per heavy atom. The molecule has 1 amide bonds. The molecule has 1 aromatic heterocycles. The second-order valence-corrected chi connectivity index (χ2v) is 13.1. The fourth-order valence-electron chi connectivity index (χ4n) is 2.28. The lowest BCUT2D eigenvalue weighted by molar-refractivity contribution is 0.0293. The highest BCUT2D eigenvalue weighted by atomic mass is 28.3. The van der Waals surface area contributed by atoms with Crippen molar-refractivity contribution in [3.05, 3.63) is 18.0 Å². The molecule has 0 bridgehead atoms. The third-order valence-electron chi connectivity index (χ3n) is 3.41. The number of aromatic nitrogens is 2. The van der Waals surface area contributed by atoms with Crippen LogP contribution in [0.1, 0.15) is 32.8 Å². The van der Waals surface area contributed by atoms with Gasteiger partial charge < -0.3 is 15.0 Å². The van der Waals surface area contributed by atoms with E-state index in [0.717, 1.165) is 12.0 Å². The van der Waals surface area contributed by atoms with Crippen LogP contribution in [0.5, 0.6) is 0 Å². The van der Waals surface area contributed by atoms with Crippen LogP contribution in [0.15, 0.2) is 12.4 Å². The van der Waals surface area contributed by atoms with Gasteiger partial charge in [-0.1, -0.05) is 25.6 Å². The monoisotopic (exact) mass is 360 g/mol. The van der Waals surface area contributed by atoms with Gasteiger partial charge in [0.05, 0.1) is 5.56 Å². The number of likely N-dealkylation sites (tertiary alicyclic amines) is 1. The Labute approximate surface area is 151 Å². The molecular formula is C18H28N4O2Si. The minimum atomic E-state index is -1.40. The molecule has 0 spiro atoms. The SMILES string of the molecule is CC(C)(C)OC(=O)N1CCC(Nc2ncc(C#C[Si](C)(C)C)cn2)C1. The number of amides is 1. The van der Waals surface area contributed by atoms with Crippen LogP contribution >= 0.6 is 0 Å². The number of anilines is 1. The number of ether oxygens (including phenoxy) is 1. The van der Waals surface area contributed by atoms with Crippen molar-refractivity contribution in [1.82, 2.24) is 14.9 Å². The molecule has 7 heteroatoms. The van der Waals surface area contributed by atoms with E-state index in [0.29, 0.717) is 19.0 Å². The van der Waals surface area contributed by atoms with Crippen LogP contribution in [0, 0.1) is 11.5 Å². The van der Waals surface area contributed by atoms with E-state index in [1.807, 2.05) is 20.8 Å². The van der Waals surface area contributed by atoms with Gasteiger partial charge in [0.1, 0.15) is 13.7 Å². The van der Waals surface area contributed by atoms with Crippen molar-refractivity contribution in [2.24, 2.45) is 0 Å². The van der Waals surface area contributed by atoms with Gasteiger partial charge in [0.2, 0.25) is 5.95 Å². The highest BCUT2D eigenvalue weighted by Crippen LogP contribution is 2.17. The van der Waals surface area contributed by atoms with Crippen LogP contribution in [0.4, 0.5) is 10.7 Å². The number of nitrogens with one attached hydrogen (secondary N) is 1. The summed E-state index contributed by atoms with van der Waals surface area (Å²) in [7, 11) is -1.40. The van der Waals surface area contributed by atoms with Crippen LogP contribution in [-0.2, 0) is 4.74 Å². The smallest absolute Gasteiger partial charge is 0.410 e. The van der Waals surface area contributed by atoms with Gasteiger partial charge >= 0.3 is 6.09 Å². The zero-order chi connectivity index (χ0) is 18.7. The van der Waals surface area contributed by atoms with Gasteiger partial charge in [-0.25, -0.2) is 14.8 Å². The minimum absolute atomic E-state index is 0.131. The summed E-state index contributed by atoms with van der Waals surface area (Å²) in [6.07, 6.45) is 4.06. The molecule has 1 aliphatic rings. The van der Waals surface area contributed by atoms with E-state index in [4.69, 9.17) is 4.74 Å². The summed E-state index contributed by atoms with van der Waals surface area (Å²) in [4.78, 5) is 22.5. The van der Waals surface area contributed by atoms with Crippen LogP contribution in [0.2, 0.25) is 19.6 Å². The lowest BCUT2D eigenvalue weighted by atomic mass is 10.2. The highest BCUT2D eigenvalue weighted by molar-refractivity contribution is 6.83. The number of carbonyl (C=O) groups excluding carboxylic acids is 1. The minimum Gasteiger partial charge on any atom is -0.444 e. The average Bonchev–Trinajstić information content (AvgIpc) is 2.93. The second-order valence-electron chi connectivity index (χ2n) is 8.35. The zero-order valence-electron chi connectivity index (χ0n) is 16.0. The summed E-state index contributed by atoms with van der Waals surface area (Å²) in [5.74, 6) is 3.70. The van der Waals surface area contributed by atoms with E-state index < -0.39 is 13.7 Å². The van der Waals surface area contributed by atoms with Crippen LogP contribution in [-0.4, -0.2) is 53.8 Å². The van der Waals surface area contributed by atoms with Crippen molar-refractivity contribution in [3.8, 4) is 11.5 Å². The summed E-state index contributed by atoms with van der Waals surface area (Å²) >= 11 is 0. The predicted molar refractivity (Wildman–Crippen MR) is 102 cm³/mol. The maximum Gasteiger partial charge on any atom is 0.410 e. The molecular weight excluding hydrogens is 332 g/mol. The third-order valence-corrected chi connectivity index (χ3v) is 4.28. The molecule has 1 N–H and O–H groups in total. The van der Waals surface area contributed by atoms with Crippen LogP contribution in [0.25, 0.3) is 0 Å². The summed E-state index contributed by atoms with van der Waals surface area (Å²) in [6, 6.07) is 0.131. The van der Waals surface area contributed by atoms with E-state index in [1.165, 1.54) is 0 Å². The van der Waals surface area contributed by atoms with Gasteiger partial charge in [0.15, 0.2) is 0 Å². The number of rotatable bonds is 2. The molecule has 0 saturated carbocycles. The number of hydrogen-bond donors (Lipinski definition) is 1. The Balaban J connectivity index is 1.89. The van der Waals surface area contributed by atoms with Crippen molar-refractivity contribution in [2.75, 3.05) is 18.4 Å². The standard InChI is InChI=1S/C18H28N4O2Si/c1-18(2,3)24-17(23)22-9-7-15(13-22)21-16-19-11-14(12-20-16)8-10-25(4,5)6/h11-12,15H,7,9,13H2,1-6H3,(H,19,20,21). The molecule has 2 rings (SSSR count). The maximum atomic E-state index is 12.1. The first-order valence-electron chi connectivity index (χ1n) is 8.61. The first kappa shape index (κ1) is 19.3. The number of nitrogens with zero attached hydrogens (tertiary/aromatic N) is 3. The van der Waals surface area contributed by atoms with E-state index in [2.05, 4.69) is 46.4 Å². The van der Waals surface area contributed by atoms with Gasteiger partial charge in [0, 0.05) is 31.5 Å². The largest absolute Gasteiger partial charge is 0.444 e. The molecule has 1 aromatic rings. The van der Waals surface area contributed by atoms with Gasteiger partial charge in [-0.15, -0.1) is 5.54 Å². The molecule has 1 unspecified atom stereocenters. The zero-order valence-corrected chi connectivity index (χ0v) is 17.0. The van der Waals surface area contributed by atoms with E-state index >= 15 is 0 Å². The topological polar surface area (TPSA) is 67.3 Å². The highest BCUT2D eigenvalue weighted by Gasteiger charge is 2.30. The molecule has 25 heavy (non-hydrogen) atoms. The second kappa shape index (κ2) is 7.44. The summed E-state index contributed by atoms with van der Waals surface area (Å²) < 4.78 is 5.41. The Bertz CT molecular complexity index is 666. The molecule has 6 nitrogen and oxygen atoms in total. The van der Waals surface area contributed by atoms with Gasteiger partial charge in [-0.3, -0.25) is 0 Å². The molecule has 1 aliphatic heterocycles. The Morgan fingerprint density at radius 3 is 2.52 bits per heavy atom. The van der Waals surface area contributed by atoms with Crippen LogP contribution in [0.3, 0.4) is 0 Å². The molecule has 1 atom stereocenters. The molecule has 136 valence electrons. The van der Waals surface area contributed by atoms with E-state index in [-0.39, 0.29) is 12.1 Å². The fourth-order valence-corrected chi connectivity index (χ4v) is 2.80. The first-order valence-corrected chi connectivity index (χ1v) is 12.1. The van der Waals surface area contributed by atoms with Crippen LogP contribution < -0.4 is 5.32 Å².